The average molecular weight is 357 g/mol. The summed E-state index contributed by atoms with van der Waals surface area (Å²) in [5, 5.41) is 13.6. The molecule has 0 aliphatic carbocycles. The molecule has 0 radical (unpaired) electrons. The van der Waals surface area contributed by atoms with Crippen molar-refractivity contribution >= 4 is 44.9 Å². The highest BCUT2D eigenvalue weighted by Gasteiger charge is 2.20. The fourth-order valence-electron chi connectivity index (χ4n) is 1.51. The largest absolute Gasteiger partial charge is 0.306 e. The number of anilines is 1. The SMILES string of the molecule is O=C(Nc1cc(Br)ccn1)c1cc(Cl)ccc1[N+](=O)[O-]. The number of rotatable bonds is 3. The van der Waals surface area contributed by atoms with Crippen LogP contribution in [-0.2, 0) is 0 Å². The van der Waals surface area contributed by atoms with Crippen LogP contribution in [0.1, 0.15) is 10.4 Å². The molecule has 0 fully saturated rings. The van der Waals surface area contributed by atoms with E-state index >= 15 is 0 Å². The number of nitro benzene ring substituents is 1. The maximum absolute atomic E-state index is 12.1. The van der Waals surface area contributed by atoms with E-state index in [0.717, 1.165) is 4.47 Å². The van der Waals surface area contributed by atoms with Crippen molar-refractivity contribution in [1.82, 2.24) is 4.98 Å². The highest BCUT2D eigenvalue weighted by Crippen LogP contribution is 2.24. The van der Waals surface area contributed by atoms with Crippen LogP contribution in [0.3, 0.4) is 0 Å². The molecule has 1 aromatic heterocycles. The van der Waals surface area contributed by atoms with E-state index in [9.17, 15) is 14.9 Å². The first-order chi connectivity index (χ1) is 9.47. The third-order valence-corrected chi connectivity index (χ3v) is 3.09. The second-order valence-electron chi connectivity index (χ2n) is 3.73. The van der Waals surface area contributed by atoms with Crippen LogP contribution >= 0.6 is 27.5 Å². The van der Waals surface area contributed by atoms with Gasteiger partial charge in [-0.1, -0.05) is 27.5 Å². The highest BCUT2D eigenvalue weighted by atomic mass is 79.9. The molecule has 1 aromatic carbocycles. The lowest BCUT2D eigenvalue weighted by Gasteiger charge is -2.05. The van der Waals surface area contributed by atoms with Gasteiger partial charge < -0.3 is 5.32 Å². The molecule has 0 saturated heterocycles. The number of nitro groups is 1. The Morgan fingerprint density at radius 3 is 2.75 bits per heavy atom. The van der Waals surface area contributed by atoms with E-state index < -0.39 is 10.8 Å². The van der Waals surface area contributed by atoms with E-state index in [1.807, 2.05) is 0 Å². The van der Waals surface area contributed by atoms with Gasteiger partial charge in [0, 0.05) is 21.8 Å². The Kier molecular flexibility index (Phi) is 4.31. The summed E-state index contributed by atoms with van der Waals surface area (Å²) < 4.78 is 0.725. The smallest absolute Gasteiger partial charge is 0.282 e. The molecular weight excluding hydrogens is 350 g/mol. The van der Waals surface area contributed by atoms with Gasteiger partial charge in [0.25, 0.3) is 11.6 Å². The first kappa shape index (κ1) is 14.4. The van der Waals surface area contributed by atoms with Crippen molar-refractivity contribution < 1.29 is 9.72 Å². The molecule has 0 atom stereocenters. The van der Waals surface area contributed by atoms with Crippen LogP contribution < -0.4 is 5.32 Å². The van der Waals surface area contributed by atoms with Crippen LogP contribution in [0.4, 0.5) is 11.5 Å². The van der Waals surface area contributed by atoms with Crippen molar-refractivity contribution in [2.24, 2.45) is 0 Å². The quantitative estimate of drug-likeness (QED) is 0.672. The Morgan fingerprint density at radius 1 is 1.35 bits per heavy atom. The minimum absolute atomic E-state index is 0.121. The molecule has 1 amide bonds. The second kappa shape index (κ2) is 5.98. The Balaban J connectivity index is 2.34. The number of halogens is 2. The van der Waals surface area contributed by atoms with Crippen molar-refractivity contribution in [3.63, 3.8) is 0 Å². The minimum Gasteiger partial charge on any atom is -0.306 e. The highest BCUT2D eigenvalue weighted by molar-refractivity contribution is 9.10. The second-order valence-corrected chi connectivity index (χ2v) is 5.08. The molecule has 0 aliphatic heterocycles. The molecule has 0 unspecified atom stereocenters. The third kappa shape index (κ3) is 3.31. The minimum atomic E-state index is -0.648. The fourth-order valence-corrected chi connectivity index (χ4v) is 2.01. The van der Waals surface area contributed by atoms with Gasteiger partial charge in [0.05, 0.1) is 4.92 Å². The molecule has 2 rings (SSSR count). The van der Waals surface area contributed by atoms with Gasteiger partial charge in [-0.05, 0) is 24.3 Å². The first-order valence-corrected chi connectivity index (χ1v) is 6.51. The predicted octanol–water partition coefficient (Wildman–Crippen LogP) is 3.66. The zero-order chi connectivity index (χ0) is 14.7. The van der Waals surface area contributed by atoms with Crippen molar-refractivity contribution in [3.05, 3.63) is 61.7 Å². The van der Waals surface area contributed by atoms with E-state index in [1.165, 1.54) is 24.4 Å². The molecule has 0 spiro atoms. The van der Waals surface area contributed by atoms with Crippen LogP contribution in [0, 0.1) is 10.1 Å². The third-order valence-electron chi connectivity index (χ3n) is 2.36. The summed E-state index contributed by atoms with van der Waals surface area (Å²) in [6, 6.07) is 7.05. The number of benzene rings is 1. The van der Waals surface area contributed by atoms with Gasteiger partial charge in [0.1, 0.15) is 11.4 Å². The van der Waals surface area contributed by atoms with Crippen LogP contribution in [0.25, 0.3) is 0 Å². The van der Waals surface area contributed by atoms with E-state index in [2.05, 4.69) is 26.2 Å². The lowest BCUT2D eigenvalue weighted by Crippen LogP contribution is -2.14. The number of hydrogen-bond donors (Lipinski definition) is 1. The van der Waals surface area contributed by atoms with Gasteiger partial charge in [0.15, 0.2) is 0 Å². The van der Waals surface area contributed by atoms with Crippen LogP contribution in [0.15, 0.2) is 41.0 Å². The number of carbonyl (C=O) groups excluding carboxylic acids is 1. The topological polar surface area (TPSA) is 85.1 Å². The predicted molar refractivity (Wildman–Crippen MR) is 78.0 cm³/mol. The summed E-state index contributed by atoms with van der Waals surface area (Å²) in [5.41, 5.74) is -0.439. The molecule has 102 valence electrons. The van der Waals surface area contributed by atoms with Crippen LogP contribution in [0.5, 0.6) is 0 Å². The van der Waals surface area contributed by atoms with Gasteiger partial charge in [0.2, 0.25) is 0 Å². The lowest BCUT2D eigenvalue weighted by atomic mass is 10.1. The average Bonchev–Trinajstić information content (AvgIpc) is 2.38. The molecule has 20 heavy (non-hydrogen) atoms. The van der Waals surface area contributed by atoms with E-state index in [4.69, 9.17) is 11.6 Å². The zero-order valence-electron chi connectivity index (χ0n) is 9.84. The van der Waals surface area contributed by atoms with Crippen molar-refractivity contribution in [2.45, 2.75) is 0 Å². The summed E-state index contributed by atoms with van der Waals surface area (Å²) >= 11 is 9.01. The summed E-state index contributed by atoms with van der Waals surface area (Å²) in [6.45, 7) is 0. The molecule has 8 heteroatoms. The first-order valence-electron chi connectivity index (χ1n) is 5.34. The van der Waals surface area contributed by atoms with E-state index in [1.54, 1.807) is 12.1 Å². The summed E-state index contributed by atoms with van der Waals surface area (Å²) in [5.74, 6) is -0.372. The lowest BCUT2D eigenvalue weighted by molar-refractivity contribution is -0.385. The zero-order valence-corrected chi connectivity index (χ0v) is 12.2. The standard InChI is InChI=1S/C12H7BrClN3O3/c13-7-3-4-15-11(5-7)16-12(18)9-6-8(14)1-2-10(9)17(19)20/h1-6H,(H,15,16,18). The van der Waals surface area contributed by atoms with Crippen molar-refractivity contribution in [3.8, 4) is 0 Å². The maximum Gasteiger partial charge on any atom is 0.282 e. The number of pyridine rings is 1. The Labute approximate surface area is 127 Å². The summed E-state index contributed by atoms with van der Waals surface area (Å²) in [6.07, 6.45) is 1.49. The number of aromatic nitrogens is 1. The molecule has 2 aromatic rings. The van der Waals surface area contributed by atoms with Gasteiger partial charge in [-0.25, -0.2) is 4.98 Å². The summed E-state index contributed by atoms with van der Waals surface area (Å²) in [7, 11) is 0. The monoisotopic (exact) mass is 355 g/mol. The van der Waals surface area contributed by atoms with Gasteiger partial charge in [-0.15, -0.1) is 0 Å². The maximum atomic E-state index is 12.1. The van der Waals surface area contributed by atoms with E-state index in [-0.39, 0.29) is 22.1 Å². The van der Waals surface area contributed by atoms with Crippen molar-refractivity contribution in [1.29, 1.82) is 0 Å². The number of hydrogen-bond acceptors (Lipinski definition) is 4. The Bertz CT molecular complexity index is 693. The number of carbonyl (C=O) groups is 1. The molecule has 0 bridgehead atoms. The normalized spacial score (nSPS) is 10.1. The van der Waals surface area contributed by atoms with Gasteiger partial charge in [-0.2, -0.15) is 0 Å². The van der Waals surface area contributed by atoms with Gasteiger partial charge in [-0.3, -0.25) is 14.9 Å². The van der Waals surface area contributed by atoms with Gasteiger partial charge >= 0.3 is 0 Å². The molecule has 0 saturated carbocycles. The number of nitrogens with zero attached hydrogens (tertiary/aromatic N) is 2. The number of nitrogens with one attached hydrogen (secondary N) is 1. The Morgan fingerprint density at radius 2 is 2.10 bits per heavy atom. The van der Waals surface area contributed by atoms with Crippen LogP contribution in [-0.4, -0.2) is 15.8 Å². The van der Waals surface area contributed by atoms with Crippen molar-refractivity contribution in [2.75, 3.05) is 5.32 Å². The molecule has 6 nitrogen and oxygen atoms in total. The molecule has 1 heterocycles. The van der Waals surface area contributed by atoms with Crippen LogP contribution in [0.2, 0.25) is 5.02 Å². The molecule has 1 N–H and O–H groups in total. The molecular formula is C12H7BrClN3O3. The Hall–Kier alpha value is -1.99. The summed E-state index contributed by atoms with van der Waals surface area (Å²) in [4.78, 5) is 26.3. The number of amides is 1. The molecule has 0 aliphatic rings. The van der Waals surface area contributed by atoms with E-state index in [0.29, 0.717) is 0 Å². The fraction of sp³-hybridized carbons (Fsp3) is 0.